The molecule has 1 aromatic rings. The molecular weight excluding hydrogens is 408 g/mol. The number of rotatable bonds is 8. The number of halogens is 1. The summed E-state index contributed by atoms with van der Waals surface area (Å²) >= 11 is 3.51. The van der Waals surface area contributed by atoms with E-state index >= 15 is 0 Å². The molecule has 1 fully saturated rings. The molecule has 0 bridgehead atoms. The van der Waals surface area contributed by atoms with Crippen LogP contribution in [0.25, 0.3) is 6.08 Å². The second-order valence-corrected chi connectivity index (χ2v) is 7.44. The summed E-state index contributed by atoms with van der Waals surface area (Å²) in [5.41, 5.74) is 0.807. The van der Waals surface area contributed by atoms with Crippen LogP contribution in [-0.4, -0.2) is 25.2 Å². The third-order valence-electron chi connectivity index (χ3n) is 4.40. The highest BCUT2D eigenvalue weighted by molar-refractivity contribution is 9.10. The van der Waals surface area contributed by atoms with Gasteiger partial charge in [0.2, 0.25) is 0 Å². The number of nitriles is 1. The maximum atomic E-state index is 12.5. The Kier molecular flexibility index (Phi) is 8.66. The summed E-state index contributed by atoms with van der Waals surface area (Å²) in [6, 6.07) is 5.81. The van der Waals surface area contributed by atoms with Crippen LogP contribution in [0, 0.1) is 11.3 Å². The molecule has 0 atom stereocenters. The zero-order chi connectivity index (χ0) is 19.6. The quantitative estimate of drug-likeness (QED) is 0.461. The van der Waals surface area contributed by atoms with Gasteiger partial charge in [0.1, 0.15) is 11.6 Å². The van der Waals surface area contributed by atoms with Crippen molar-refractivity contribution in [1.82, 2.24) is 5.32 Å². The van der Waals surface area contributed by atoms with Gasteiger partial charge in [-0.2, -0.15) is 5.26 Å². The van der Waals surface area contributed by atoms with Gasteiger partial charge in [-0.05, 0) is 65.9 Å². The minimum absolute atomic E-state index is 0.0946. The van der Waals surface area contributed by atoms with Crippen molar-refractivity contribution in [3.63, 3.8) is 0 Å². The van der Waals surface area contributed by atoms with Gasteiger partial charge in [0, 0.05) is 6.04 Å². The summed E-state index contributed by atoms with van der Waals surface area (Å²) in [5, 5.41) is 12.4. The van der Waals surface area contributed by atoms with E-state index in [0.717, 1.165) is 36.6 Å². The van der Waals surface area contributed by atoms with Gasteiger partial charge >= 0.3 is 0 Å². The molecule has 2 rings (SSSR count). The summed E-state index contributed by atoms with van der Waals surface area (Å²) < 4.78 is 12.2. The molecule has 6 heteroatoms. The van der Waals surface area contributed by atoms with Gasteiger partial charge in [-0.1, -0.05) is 26.2 Å². The van der Waals surface area contributed by atoms with E-state index in [9.17, 15) is 10.1 Å². The van der Waals surface area contributed by atoms with Crippen molar-refractivity contribution >= 4 is 27.9 Å². The van der Waals surface area contributed by atoms with Gasteiger partial charge in [-0.3, -0.25) is 4.79 Å². The summed E-state index contributed by atoms with van der Waals surface area (Å²) in [5.74, 6) is 0.919. The van der Waals surface area contributed by atoms with E-state index in [4.69, 9.17) is 9.47 Å². The minimum Gasteiger partial charge on any atom is -0.490 e. The molecule has 0 heterocycles. The minimum atomic E-state index is -0.315. The number of carbonyl (C=O) groups excluding carboxylic acids is 1. The van der Waals surface area contributed by atoms with Crippen molar-refractivity contribution < 1.29 is 14.3 Å². The lowest BCUT2D eigenvalue weighted by atomic mass is 9.95. The summed E-state index contributed by atoms with van der Waals surface area (Å²) in [6.07, 6.45) is 7.91. The zero-order valence-electron chi connectivity index (χ0n) is 16.0. The number of benzene rings is 1. The summed E-state index contributed by atoms with van der Waals surface area (Å²) in [7, 11) is 0. The molecule has 1 aliphatic rings. The molecule has 0 aromatic heterocycles. The van der Waals surface area contributed by atoms with Crippen LogP contribution in [-0.2, 0) is 4.79 Å². The molecule has 1 aliphatic carbocycles. The van der Waals surface area contributed by atoms with Crippen LogP contribution in [0.3, 0.4) is 0 Å². The summed E-state index contributed by atoms with van der Waals surface area (Å²) in [4.78, 5) is 12.5. The molecule has 0 aliphatic heterocycles. The van der Waals surface area contributed by atoms with E-state index in [1.807, 2.05) is 26.0 Å². The number of ether oxygens (including phenoxy) is 2. The van der Waals surface area contributed by atoms with Crippen molar-refractivity contribution in [2.24, 2.45) is 0 Å². The predicted octanol–water partition coefficient (Wildman–Crippen LogP) is 4.99. The average Bonchev–Trinajstić information content (AvgIpc) is 2.66. The lowest BCUT2D eigenvalue weighted by Crippen LogP contribution is -2.36. The van der Waals surface area contributed by atoms with Crippen molar-refractivity contribution in [2.45, 2.75) is 58.4 Å². The van der Waals surface area contributed by atoms with Crippen LogP contribution < -0.4 is 14.8 Å². The first-order valence-electron chi connectivity index (χ1n) is 9.60. The molecule has 1 aromatic carbocycles. The molecule has 0 spiro atoms. The Balaban J connectivity index is 2.23. The highest BCUT2D eigenvalue weighted by Gasteiger charge is 2.19. The first kappa shape index (κ1) is 21.3. The molecule has 0 radical (unpaired) electrons. The molecule has 146 valence electrons. The highest BCUT2D eigenvalue weighted by Crippen LogP contribution is 2.37. The van der Waals surface area contributed by atoms with Crippen molar-refractivity contribution in [2.75, 3.05) is 13.2 Å². The Morgan fingerprint density at radius 3 is 2.67 bits per heavy atom. The fourth-order valence-electron chi connectivity index (χ4n) is 3.10. The van der Waals surface area contributed by atoms with Crippen LogP contribution in [0.15, 0.2) is 22.2 Å². The van der Waals surface area contributed by atoms with Crippen molar-refractivity contribution in [3.05, 3.63) is 27.7 Å². The number of amides is 1. The number of nitrogens with one attached hydrogen (secondary N) is 1. The third-order valence-corrected chi connectivity index (χ3v) is 4.99. The van der Waals surface area contributed by atoms with Gasteiger partial charge in [0.25, 0.3) is 5.91 Å². The topological polar surface area (TPSA) is 71.3 Å². The average molecular weight is 435 g/mol. The predicted molar refractivity (Wildman–Crippen MR) is 110 cm³/mol. The van der Waals surface area contributed by atoms with Gasteiger partial charge < -0.3 is 14.8 Å². The van der Waals surface area contributed by atoms with E-state index in [1.165, 1.54) is 6.42 Å². The summed E-state index contributed by atoms with van der Waals surface area (Å²) in [6.45, 7) is 5.02. The van der Waals surface area contributed by atoms with Gasteiger partial charge in [-0.25, -0.2) is 0 Å². The second kappa shape index (κ2) is 11.0. The molecular formula is C21H27BrN2O3. The maximum Gasteiger partial charge on any atom is 0.262 e. The normalized spacial score (nSPS) is 15.1. The number of carbonyl (C=O) groups is 1. The molecule has 0 unspecified atom stereocenters. The zero-order valence-corrected chi connectivity index (χ0v) is 17.6. The van der Waals surface area contributed by atoms with Crippen LogP contribution in [0.1, 0.15) is 57.9 Å². The number of nitrogens with zero attached hydrogens (tertiary/aromatic N) is 1. The second-order valence-electron chi connectivity index (χ2n) is 6.59. The fourth-order valence-corrected chi connectivity index (χ4v) is 3.68. The first-order valence-corrected chi connectivity index (χ1v) is 10.4. The van der Waals surface area contributed by atoms with E-state index in [1.54, 1.807) is 12.1 Å². The smallest absolute Gasteiger partial charge is 0.262 e. The van der Waals surface area contributed by atoms with E-state index < -0.39 is 0 Å². The first-order chi connectivity index (χ1) is 13.1. The number of hydrogen-bond donors (Lipinski definition) is 1. The Bertz CT molecular complexity index is 719. The SMILES string of the molecule is CCCOc1c(Br)cc(/C=C(/C#N)C(=O)NC2CCCCC2)cc1OCC. The van der Waals surface area contributed by atoms with Gasteiger partial charge in [0.05, 0.1) is 17.7 Å². The van der Waals surface area contributed by atoms with E-state index in [-0.39, 0.29) is 17.5 Å². The van der Waals surface area contributed by atoms with E-state index in [0.29, 0.717) is 30.3 Å². The molecule has 1 saturated carbocycles. The lowest BCUT2D eigenvalue weighted by Gasteiger charge is -2.22. The maximum absolute atomic E-state index is 12.5. The van der Waals surface area contributed by atoms with Crippen LogP contribution in [0.2, 0.25) is 0 Å². The van der Waals surface area contributed by atoms with E-state index in [2.05, 4.69) is 21.2 Å². The Morgan fingerprint density at radius 2 is 2.04 bits per heavy atom. The standard InChI is InChI=1S/C21H27BrN2O3/c1-3-10-27-20-18(22)12-15(13-19(20)26-4-2)11-16(14-23)21(25)24-17-8-6-5-7-9-17/h11-13,17H,3-10H2,1-2H3,(H,24,25)/b16-11-. The molecule has 1 amide bonds. The van der Waals surface area contributed by atoms with Crippen LogP contribution in [0.4, 0.5) is 0 Å². The van der Waals surface area contributed by atoms with Crippen LogP contribution >= 0.6 is 15.9 Å². The van der Waals surface area contributed by atoms with Crippen molar-refractivity contribution in [1.29, 1.82) is 5.26 Å². The monoisotopic (exact) mass is 434 g/mol. The lowest BCUT2D eigenvalue weighted by molar-refractivity contribution is -0.117. The van der Waals surface area contributed by atoms with Gasteiger partial charge in [-0.15, -0.1) is 0 Å². The number of hydrogen-bond acceptors (Lipinski definition) is 4. The fraction of sp³-hybridized carbons (Fsp3) is 0.524. The Morgan fingerprint density at radius 1 is 1.30 bits per heavy atom. The molecule has 1 N–H and O–H groups in total. The Hall–Kier alpha value is -2.00. The highest BCUT2D eigenvalue weighted by atomic mass is 79.9. The van der Waals surface area contributed by atoms with Crippen LogP contribution in [0.5, 0.6) is 11.5 Å². The third kappa shape index (κ3) is 6.28. The molecule has 27 heavy (non-hydrogen) atoms. The molecule has 5 nitrogen and oxygen atoms in total. The van der Waals surface area contributed by atoms with Crippen molar-refractivity contribution in [3.8, 4) is 17.6 Å². The van der Waals surface area contributed by atoms with Gasteiger partial charge in [0.15, 0.2) is 11.5 Å². The Labute approximate surface area is 169 Å². The molecule has 0 saturated heterocycles. The largest absolute Gasteiger partial charge is 0.490 e.